The van der Waals surface area contributed by atoms with E-state index < -0.39 is 0 Å². The van der Waals surface area contributed by atoms with E-state index in [0.717, 1.165) is 6.42 Å². The van der Waals surface area contributed by atoms with Crippen molar-refractivity contribution in [2.45, 2.75) is 20.3 Å². The smallest absolute Gasteiger partial charge is 0.259 e. The lowest BCUT2D eigenvalue weighted by Crippen LogP contribution is -2.29. The summed E-state index contributed by atoms with van der Waals surface area (Å²) in [5, 5.41) is 0. The molecule has 4 nitrogen and oxygen atoms in total. The van der Waals surface area contributed by atoms with Crippen LogP contribution in [0.15, 0.2) is 18.2 Å². The van der Waals surface area contributed by atoms with Gasteiger partial charge in [0.1, 0.15) is 11.3 Å². The van der Waals surface area contributed by atoms with E-state index in [-0.39, 0.29) is 5.91 Å². The number of nitrogen functional groups attached to an aromatic ring is 1. The van der Waals surface area contributed by atoms with E-state index in [9.17, 15) is 4.79 Å². The fourth-order valence-electron chi connectivity index (χ4n) is 1.69. The van der Waals surface area contributed by atoms with Gasteiger partial charge in [0.05, 0.1) is 7.11 Å². The molecule has 2 N–H and O–H groups in total. The average molecular weight is 250 g/mol. The second kappa shape index (κ2) is 6.28. The minimum Gasteiger partial charge on any atom is -0.496 e. The molecular weight excluding hydrogens is 228 g/mol. The third-order valence-electron chi connectivity index (χ3n) is 2.88. The molecule has 0 fully saturated rings. The predicted molar refractivity (Wildman–Crippen MR) is 73.8 cm³/mol. The zero-order chi connectivity index (χ0) is 13.7. The van der Waals surface area contributed by atoms with E-state index in [2.05, 4.69) is 13.8 Å². The van der Waals surface area contributed by atoms with Crippen LogP contribution >= 0.6 is 0 Å². The molecular formula is C14H22N2O2. The second-order valence-corrected chi connectivity index (χ2v) is 4.83. The van der Waals surface area contributed by atoms with Gasteiger partial charge in [-0.15, -0.1) is 0 Å². The topological polar surface area (TPSA) is 55.6 Å². The van der Waals surface area contributed by atoms with Gasteiger partial charge in [-0.1, -0.05) is 19.9 Å². The maximum Gasteiger partial charge on any atom is 0.259 e. The Labute approximate surface area is 109 Å². The van der Waals surface area contributed by atoms with Crippen LogP contribution in [0.4, 0.5) is 5.69 Å². The minimum absolute atomic E-state index is 0.0920. The van der Waals surface area contributed by atoms with E-state index in [1.165, 1.54) is 0 Å². The Morgan fingerprint density at radius 3 is 2.67 bits per heavy atom. The molecule has 0 saturated carbocycles. The summed E-state index contributed by atoms with van der Waals surface area (Å²) in [6, 6.07) is 5.24. The largest absolute Gasteiger partial charge is 0.496 e. The molecule has 0 spiro atoms. The predicted octanol–water partition coefficient (Wildman–Crippen LogP) is 2.40. The molecule has 18 heavy (non-hydrogen) atoms. The Balaban J connectivity index is 2.89. The molecule has 0 bridgehead atoms. The zero-order valence-corrected chi connectivity index (χ0v) is 11.6. The van der Waals surface area contributed by atoms with Gasteiger partial charge >= 0.3 is 0 Å². The van der Waals surface area contributed by atoms with Gasteiger partial charge in [0.2, 0.25) is 0 Å². The number of ether oxygens (including phenoxy) is 1. The van der Waals surface area contributed by atoms with Crippen molar-refractivity contribution in [3.05, 3.63) is 23.8 Å². The maximum absolute atomic E-state index is 12.3. The van der Waals surface area contributed by atoms with Crippen molar-refractivity contribution >= 4 is 11.6 Å². The summed E-state index contributed by atoms with van der Waals surface area (Å²) >= 11 is 0. The van der Waals surface area contributed by atoms with Crippen molar-refractivity contribution in [3.8, 4) is 5.75 Å². The quantitative estimate of drug-likeness (QED) is 0.816. The Morgan fingerprint density at radius 2 is 2.11 bits per heavy atom. The van der Waals surface area contributed by atoms with Crippen LogP contribution in [0.2, 0.25) is 0 Å². The highest BCUT2D eigenvalue weighted by Gasteiger charge is 2.19. The van der Waals surface area contributed by atoms with Crippen LogP contribution in [0.25, 0.3) is 0 Å². The molecule has 0 atom stereocenters. The Bertz CT molecular complexity index is 416. The normalized spacial score (nSPS) is 10.5. The van der Waals surface area contributed by atoms with Crippen LogP contribution in [-0.4, -0.2) is 31.5 Å². The van der Waals surface area contributed by atoms with Gasteiger partial charge in [-0.3, -0.25) is 4.79 Å². The van der Waals surface area contributed by atoms with Gasteiger partial charge in [-0.05, 0) is 24.5 Å². The first-order valence-electron chi connectivity index (χ1n) is 6.15. The highest BCUT2D eigenvalue weighted by molar-refractivity contribution is 6.01. The van der Waals surface area contributed by atoms with Gasteiger partial charge in [-0.25, -0.2) is 0 Å². The van der Waals surface area contributed by atoms with Crippen molar-refractivity contribution in [3.63, 3.8) is 0 Å². The van der Waals surface area contributed by atoms with Gasteiger partial charge in [0, 0.05) is 19.3 Å². The summed E-state index contributed by atoms with van der Waals surface area (Å²) in [4.78, 5) is 14.0. The van der Waals surface area contributed by atoms with E-state index in [0.29, 0.717) is 29.5 Å². The monoisotopic (exact) mass is 250 g/mol. The van der Waals surface area contributed by atoms with Crippen LogP contribution in [-0.2, 0) is 0 Å². The molecule has 100 valence electrons. The van der Waals surface area contributed by atoms with Crippen molar-refractivity contribution in [1.82, 2.24) is 4.90 Å². The third kappa shape index (κ3) is 3.39. The van der Waals surface area contributed by atoms with Gasteiger partial charge < -0.3 is 15.4 Å². The minimum atomic E-state index is -0.0920. The molecule has 0 aromatic heterocycles. The summed E-state index contributed by atoms with van der Waals surface area (Å²) in [5.74, 6) is 0.997. The molecule has 0 radical (unpaired) electrons. The number of rotatable bonds is 5. The summed E-state index contributed by atoms with van der Waals surface area (Å²) in [7, 11) is 3.33. The summed E-state index contributed by atoms with van der Waals surface area (Å²) in [5.41, 5.74) is 6.77. The number of carbonyl (C=O) groups excluding carboxylic acids is 1. The van der Waals surface area contributed by atoms with Gasteiger partial charge in [0.25, 0.3) is 5.91 Å². The summed E-state index contributed by atoms with van der Waals surface area (Å²) in [6.07, 6.45) is 0.970. The first-order valence-corrected chi connectivity index (χ1v) is 6.15. The van der Waals surface area contributed by atoms with Crippen molar-refractivity contribution in [2.75, 3.05) is 26.4 Å². The number of amides is 1. The zero-order valence-electron chi connectivity index (χ0n) is 11.6. The highest BCUT2D eigenvalue weighted by atomic mass is 16.5. The maximum atomic E-state index is 12.3. The first-order chi connectivity index (χ1) is 8.47. The average Bonchev–Trinajstić information content (AvgIpc) is 2.34. The highest BCUT2D eigenvalue weighted by Crippen LogP contribution is 2.25. The van der Waals surface area contributed by atoms with Crippen LogP contribution < -0.4 is 10.5 Å². The number of hydrogen-bond donors (Lipinski definition) is 1. The number of methoxy groups -OCH3 is 1. The molecule has 0 heterocycles. The van der Waals surface area contributed by atoms with Crippen molar-refractivity contribution in [1.29, 1.82) is 0 Å². The first kappa shape index (κ1) is 14.4. The lowest BCUT2D eigenvalue weighted by molar-refractivity contribution is 0.0787. The molecule has 0 aliphatic carbocycles. The fraction of sp³-hybridized carbons (Fsp3) is 0.500. The molecule has 4 heteroatoms. The van der Waals surface area contributed by atoms with Crippen LogP contribution in [0.5, 0.6) is 5.75 Å². The number of hydrogen-bond acceptors (Lipinski definition) is 3. The Morgan fingerprint density at radius 1 is 1.44 bits per heavy atom. The lowest BCUT2D eigenvalue weighted by atomic mass is 10.1. The number of benzene rings is 1. The number of anilines is 1. The van der Waals surface area contributed by atoms with E-state index in [1.54, 1.807) is 37.3 Å². The van der Waals surface area contributed by atoms with Gasteiger partial charge in [0.15, 0.2) is 0 Å². The number of carbonyl (C=O) groups is 1. The molecule has 0 aliphatic rings. The van der Waals surface area contributed by atoms with Crippen LogP contribution in [0.1, 0.15) is 30.6 Å². The Kier molecular flexibility index (Phi) is 5.01. The van der Waals surface area contributed by atoms with Crippen molar-refractivity contribution in [2.24, 2.45) is 5.92 Å². The van der Waals surface area contributed by atoms with E-state index >= 15 is 0 Å². The van der Waals surface area contributed by atoms with E-state index in [1.807, 2.05) is 0 Å². The fourth-order valence-corrected chi connectivity index (χ4v) is 1.69. The standard InChI is InChI=1S/C14H22N2O2/c1-10(2)8-9-16(3)14(17)13-11(15)6-5-7-12(13)18-4/h5-7,10H,8-9,15H2,1-4H3. The lowest BCUT2D eigenvalue weighted by Gasteiger charge is -2.20. The molecule has 0 unspecified atom stereocenters. The number of nitrogens with two attached hydrogens (primary N) is 1. The summed E-state index contributed by atoms with van der Waals surface area (Å²) in [6.45, 7) is 4.99. The number of nitrogens with zero attached hydrogens (tertiary/aromatic N) is 1. The second-order valence-electron chi connectivity index (χ2n) is 4.83. The van der Waals surface area contributed by atoms with Crippen LogP contribution in [0.3, 0.4) is 0 Å². The van der Waals surface area contributed by atoms with Crippen molar-refractivity contribution < 1.29 is 9.53 Å². The Hall–Kier alpha value is -1.71. The third-order valence-corrected chi connectivity index (χ3v) is 2.88. The van der Waals surface area contributed by atoms with E-state index in [4.69, 9.17) is 10.5 Å². The molecule has 1 rings (SSSR count). The van der Waals surface area contributed by atoms with Gasteiger partial charge in [-0.2, -0.15) is 0 Å². The SMILES string of the molecule is COc1cccc(N)c1C(=O)N(C)CCC(C)C. The molecule has 0 saturated heterocycles. The van der Waals surface area contributed by atoms with Crippen LogP contribution in [0, 0.1) is 5.92 Å². The molecule has 1 amide bonds. The molecule has 1 aromatic carbocycles. The molecule has 1 aromatic rings. The summed E-state index contributed by atoms with van der Waals surface area (Å²) < 4.78 is 5.20. The molecule has 0 aliphatic heterocycles.